The molecule has 2 aliphatic rings. The second-order valence-corrected chi connectivity index (χ2v) is 11.5. The number of fused-ring (bicyclic) bond motifs is 2. The van der Waals surface area contributed by atoms with Gasteiger partial charge in [0.1, 0.15) is 17.0 Å². The van der Waals surface area contributed by atoms with E-state index in [9.17, 15) is 18.8 Å². The van der Waals surface area contributed by atoms with Gasteiger partial charge in [-0.2, -0.15) is 5.26 Å². The summed E-state index contributed by atoms with van der Waals surface area (Å²) in [6.45, 7) is 4.75. The minimum Gasteiger partial charge on any atom is -0.478 e. The standard InChI is InChI=1S/C30H25Cl2FN4O4/c1-15-4-7-18(33)12-19(15)26-30(21-8-5-17(32)11-23(21)36-28(30)40)22(13-25(38)37-26)20-10-16(31)6-9-24(20)41-29(2,3)27(39)35-14-34/h4-12,22,26H,13H2,1-3H3,(H,35,39)(H,36,40)(H,37,38). The van der Waals surface area contributed by atoms with Crippen molar-refractivity contribution in [2.24, 2.45) is 0 Å². The molecule has 11 heteroatoms. The van der Waals surface area contributed by atoms with Gasteiger partial charge in [-0.05, 0) is 79.9 Å². The Kier molecular flexibility index (Phi) is 7.18. The lowest BCUT2D eigenvalue weighted by atomic mass is 9.59. The first-order valence-electron chi connectivity index (χ1n) is 12.7. The largest absolute Gasteiger partial charge is 0.478 e. The number of rotatable bonds is 5. The number of hydrogen-bond donors (Lipinski definition) is 3. The molecule has 3 aromatic rings. The molecule has 3 atom stereocenters. The van der Waals surface area contributed by atoms with Gasteiger partial charge in [-0.3, -0.25) is 19.7 Å². The summed E-state index contributed by atoms with van der Waals surface area (Å²) in [4.78, 5) is 40.3. The summed E-state index contributed by atoms with van der Waals surface area (Å²) in [7, 11) is 0. The molecule has 3 amide bonds. The van der Waals surface area contributed by atoms with Crippen LogP contribution in [0.3, 0.4) is 0 Å². The van der Waals surface area contributed by atoms with Crippen LogP contribution in [0.4, 0.5) is 10.1 Å². The molecule has 0 bridgehead atoms. The summed E-state index contributed by atoms with van der Waals surface area (Å²) < 4.78 is 20.8. The van der Waals surface area contributed by atoms with Crippen molar-refractivity contribution >= 4 is 46.6 Å². The number of carbonyl (C=O) groups excluding carboxylic acids is 3. The number of aryl methyl sites for hydroxylation is 1. The Balaban J connectivity index is 1.79. The first-order chi connectivity index (χ1) is 19.4. The highest BCUT2D eigenvalue weighted by Gasteiger charge is 2.62. The Hall–Kier alpha value is -4.13. The fourth-order valence-electron chi connectivity index (χ4n) is 5.85. The van der Waals surface area contributed by atoms with Crippen molar-refractivity contribution in [3.05, 3.63) is 92.7 Å². The van der Waals surface area contributed by atoms with Gasteiger partial charge in [0.25, 0.3) is 5.91 Å². The predicted molar refractivity (Wildman–Crippen MR) is 151 cm³/mol. The zero-order valence-electron chi connectivity index (χ0n) is 22.3. The number of halogens is 3. The van der Waals surface area contributed by atoms with Crippen LogP contribution < -0.4 is 20.7 Å². The molecular formula is C30H25Cl2FN4O4. The minimum absolute atomic E-state index is 0.151. The van der Waals surface area contributed by atoms with E-state index in [0.29, 0.717) is 38.0 Å². The Labute approximate surface area is 245 Å². The number of nitrogens with one attached hydrogen (secondary N) is 3. The SMILES string of the molecule is Cc1ccc(F)cc1C1NC(=O)CC(c2cc(Cl)ccc2OC(C)(C)C(=O)NC#N)C12C(=O)Nc1cc(Cl)ccc12. The van der Waals surface area contributed by atoms with Gasteiger partial charge in [-0.25, -0.2) is 4.39 Å². The maximum Gasteiger partial charge on any atom is 0.276 e. The Morgan fingerprint density at radius 2 is 1.80 bits per heavy atom. The van der Waals surface area contributed by atoms with Crippen LogP contribution in [0, 0.1) is 24.2 Å². The zero-order chi connectivity index (χ0) is 29.7. The number of amides is 3. The van der Waals surface area contributed by atoms with E-state index in [-0.39, 0.29) is 18.1 Å². The molecule has 41 heavy (non-hydrogen) atoms. The number of hydrogen-bond acceptors (Lipinski definition) is 5. The highest BCUT2D eigenvalue weighted by Crippen LogP contribution is 2.59. The van der Waals surface area contributed by atoms with E-state index in [1.807, 2.05) is 0 Å². The number of benzene rings is 3. The van der Waals surface area contributed by atoms with Crippen molar-refractivity contribution in [2.45, 2.75) is 50.2 Å². The number of carbonyl (C=O) groups is 3. The van der Waals surface area contributed by atoms with Crippen LogP contribution in [0.1, 0.15) is 54.5 Å². The Morgan fingerprint density at radius 3 is 2.54 bits per heavy atom. The van der Waals surface area contributed by atoms with Gasteiger partial charge in [0.2, 0.25) is 11.8 Å². The maximum absolute atomic E-state index is 14.7. The Bertz CT molecular complexity index is 1650. The van der Waals surface area contributed by atoms with Crippen LogP contribution in [-0.2, 0) is 19.8 Å². The highest BCUT2D eigenvalue weighted by molar-refractivity contribution is 6.31. The quantitative estimate of drug-likeness (QED) is 0.269. The Morgan fingerprint density at radius 1 is 1.10 bits per heavy atom. The van der Waals surface area contributed by atoms with Crippen molar-refractivity contribution < 1.29 is 23.5 Å². The smallest absolute Gasteiger partial charge is 0.276 e. The maximum atomic E-state index is 14.7. The predicted octanol–water partition coefficient (Wildman–Crippen LogP) is 5.43. The van der Waals surface area contributed by atoms with E-state index < -0.39 is 40.6 Å². The van der Waals surface area contributed by atoms with Crippen molar-refractivity contribution in [2.75, 3.05) is 5.32 Å². The van der Waals surface area contributed by atoms with E-state index in [4.69, 9.17) is 33.2 Å². The molecule has 1 saturated heterocycles. The first-order valence-corrected chi connectivity index (χ1v) is 13.5. The van der Waals surface area contributed by atoms with Crippen molar-refractivity contribution in [1.82, 2.24) is 10.6 Å². The van der Waals surface area contributed by atoms with Crippen LogP contribution in [0.15, 0.2) is 54.6 Å². The summed E-state index contributed by atoms with van der Waals surface area (Å²) >= 11 is 12.7. The number of nitrogens with zero attached hydrogens (tertiary/aromatic N) is 1. The molecule has 2 aliphatic heterocycles. The van der Waals surface area contributed by atoms with Crippen LogP contribution in [0.25, 0.3) is 0 Å². The van der Waals surface area contributed by atoms with Gasteiger partial charge in [-0.1, -0.05) is 35.3 Å². The second-order valence-electron chi connectivity index (χ2n) is 10.6. The molecule has 3 aromatic carbocycles. The zero-order valence-corrected chi connectivity index (χ0v) is 23.8. The van der Waals surface area contributed by atoms with Crippen molar-refractivity contribution in [1.29, 1.82) is 5.26 Å². The van der Waals surface area contributed by atoms with E-state index in [2.05, 4.69) is 16.0 Å². The lowest BCUT2D eigenvalue weighted by Gasteiger charge is -2.47. The monoisotopic (exact) mass is 594 g/mol. The van der Waals surface area contributed by atoms with Crippen molar-refractivity contribution in [3.8, 4) is 11.9 Å². The molecule has 1 spiro atoms. The van der Waals surface area contributed by atoms with Crippen LogP contribution in [-0.4, -0.2) is 23.3 Å². The molecule has 0 saturated carbocycles. The molecule has 5 rings (SSSR count). The highest BCUT2D eigenvalue weighted by atomic mass is 35.5. The molecule has 8 nitrogen and oxygen atoms in total. The van der Waals surface area contributed by atoms with Gasteiger partial charge in [0.15, 0.2) is 11.8 Å². The fourth-order valence-corrected chi connectivity index (χ4v) is 6.20. The number of nitriles is 1. The molecule has 0 aliphatic carbocycles. The first kappa shape index (κ1) is 28.4. The van der Waals surface area contributed by atoms with Crippen LogP contribution in [0.5, 0.6) is 5.75 Å². The topological polar surface area (TPSA) is 120 Å². The minimum atomic E-state index is -1.51. The third-order valence-corrected chi connectivity index (χ3v) is 8.20. The summed E-state index contributed by atoms with van der Waals surface area (Å²) in [6, 6.07) is 12.9. The van der Waals surface area contributed by atoms with Crippen molar-refractivity contribution in [3.63, 3.8) is 0 Å². The molecule has 3 unspecified atom stereocenters. The molecule has 0 radical (unpaired) electrons. The number of anilines is 1. The van der Waals surface area contributed by atoms with E-state index in [0.717, 1.165) is 0 Å². The summed E-state index contributed by atoms with van der Waals surface area (Å²) in [5.74, 6) is -2.71. The molecule has 3 N–H and O–H groups in total. The van der Waals surface area contributed by atoms with E-state index in [1.54, 1.807) is 55.6 Å². The molecule has 210 valence electrons. The summed E-state index contributed by atoms with van der Waals surface area (Å²) in [5.41, 5.74) is -0.498. The van der Waals surface area contributed by atoms with E-state index in [1.165, 1.54) is 26.0 Å². The van der Waals surface area contributed by atoms with Gasteiger partial charge in [-0.15, -0.1) is 0 Å². The van der Waals surface area contributed by atoms with Gasteiger partial charge in [0.05, 0.1) is 6.04 Å². The van der Waals surface area contributed by atoms with Crippen LogP contribution >= 0.6 is 23.2 Å². The summed E-state index contributed by atoms with van der Waals surface area (Å²) in [6.07, 6.45) is 1.45. The second kappa shape index (κ2) is 10.4. The lowest BCUT2D eigenvalue weighted by molar-refractivity contribution is -0.134. The number of piperidine rings is 1. The normalized spacial score (nSPS) is 21.5. The fraction of sp³-hybridized carbons (Fsp3) is 0.267. The lowest BCUT2D eigenvalue weighted by Crippen LogP contribution is -2.57. The average molecular weight is 595 g/mol. The van der Waals surface area contributed by atoms with Gasteiger partial charge in [0, 0.05) is 33.6 Å². The molecule has 0 aromatic heterocycles. The van der Waals surface area contributed by atoms with E-state index >= 15 is 0 Å². The summed E-state index contributed by atoms with van der Waals surface area (Å²) in [5, 5.41) is 17.6. The van der Waals surface area contributed by atoms with Gasteiger partial charge < -0.3 is 15.4 Å². The molecule has 1 fully saturated rings. The third-order valence-electron chi connectivity index (χ3n) is 7.73. The van der Waals surface area contributed by atoms with Gasteiger partial charge >= 0.3 is 0 Å². The molecule has 2 heterocycles. The number of ether oxygens (including phenoxy) is 1. The van der Waals surface area contributed by atoms with Crippen LogP contribution in [0.2, 0.25) is 10.0 Å². The third kappa shape index (κ3) is 4.77. The molecular weight excluding hydrogens is 570 g/mol. The average Bonchev–Trinajstić information content (AvgIpc) is 3.18.